The van der Waals surface area contributed by atoms with Crippen LogP contribution in [0.3, 0.4) is 0 Å². The van der Waals surface area contributed by atoms with Crippen LogP contribution in [0.15, 0.2) is 97.1 Å². The van der Waals surface area contributed by atoms with Gasteiger partial charge in [-0.05, 0) is 53.5 Å². The number of nitriles is 1. The molecule has 0 radical (unpaired) electrons. The van der Waals surface area contributed by atoms with Crippen molar-refractivity contribution in [2.45, 2.75) is 26.2 Å². The van der Waals surface area contributed by atoms with E-state index in [2.05, 4.69) is 50.6 Å². The quantitative estimate of drug-likeness (QED) is 0.348. The number of rotatable bonds is 5. The van der Waals surface area contributed by atoms with Crippen molar-refractivity contribution in [3.8, 4) is 18.4 Å². The summed E-state index contributed by atoms with van der Waals surface area (Å²) in [6.07, 6.45) is 11.7. The number of nitrogens with zero attached hydrogens (tertiary/aromatic N) is 1. The van der Waals surface area contributed by atoms with E-state index in [1.807, 2.05) is 55.5 Å². The van der Waals surface area contributed by atoms with E-state index in [1.54, 1.807) is 18.2 Å². The van der Waals surface area contributed by atoms with Crippen molar-refractivity contribution < 1.29 is 4.57 Å². The first-order valence-electron chi connectivity index (χ1n) is 11.1. The molecule has 3 heteroatoms. The highest BCUT2D eigenvalue weighted by Crippen LogP contribution is 2.50. The van der Waals surface area contributed by atoms with Crippen LogP contribution < -0.4 is 15.9 Å². The van der Waals surface area contributed by atoms with E-state index >= 15 is 4.57 Å². The zero-order valence-corrected chi connectivity index (χ0v) is 20.6. The Labute approximate surface area is 202 Å². The number of fused-ring (bicyclic) bond motifs is 1. The summed E-state index contributed by atoms with van der Waals surface area (Å²) in [5.74, 6) is 2.61. The molecule has 0 fully saturated rings. The topological polar surface area (TPSA) is 40.9 Å². The maximum atomic E-state index is 15.1. The lowest BCUT2D eigenvalue weighted by Gasteiger charge is -2.26. The van der Waals surface area contributed by atoms with E-state index in [9.17, 15) is 5.26 Å². The summed E-state index contributed by atoms with van der Waals surface area (Å²) in [7, 11) is -3.32. The molecular formula is C31H26NOP. The molecule has 0 saturated heterocycles. The Balaban J connectivity index is 2.03. The molecule has 34 heavy (non-hydrogen) atoms. The second-order valence-corrected chi connectivity index (χ2v) is 11.6. The number of hydrogen-bond acceptors (Lipinski definition) is 2. The summed E-state index contributed by atoms with van der Waals surface area (Å²) in [4.78, 5) is 0. The highest BCUT2D eigenvalue weighted by atomic mass is 31.2. The maximum absolute atomic E-state index is 15.1. The van der Waals surface area contributed by atoms with Gasteiger partial charge in [0.15, 0.2) is 7.14 Å². The second kappa shape index (κ2) is 8.83. The van der Waals surface area contributed by atoms with Crippen molar-refractivity contribution in [1.29, 1.82) is 5.26 Å². The molecule has 0 spiro atoms. The highest BCUT2D eigenvalue weighted by Gasteiger charge is 2.38. The van der Waals surface area contributed by atoms with Crippen molar-refractivity contribution in [2.75, 3.05) is 0 Å². The lowest BCUT2D eigenvalue weighted by Crippen LogP contribution is -2.27. The molecule has 0 heterocycles. The van der Waals surface area contributed by atoms with Crippen LogP contribution in [0.5, 0.6) is 0 Å². The van der Waals surface area contributed by atoms with E-state index in [4.69, 9.17) is 6.42 Å². The Morgan fingerprint density at radius 2 is 1.68 bits per heavy atom. The first-order valence-corrected chi connectivity index (χ1v) is 12.8. The minimum Gasteiger partial charge on any atom is -0.309 e. The Morgan fingerprint density at radius 1 is 0.971 bits per heavy atom. The van der Waals surface area contributed by atoms with Crippen molar-refractivity contribution >= 4 is 28.6 Å². The van der Waals surface area contributed by atoms with Gasteiger partial charge >= 0.3 is 0 Å². The van der Waals surface area contributed by atoms with Crippen LogP contribution in [0.4, 0.5) is 0 Å². The highest BCUT2D eigenvalue weighted by molar-refractivity contribution is 7.85. The molecule has 166 valence electrons. The monoisotopic (exact) mass is 459 g/mol. The third-order valence-electron chi connectivity index (χ3n) is 6.53. The van der Waals surface area contributed by atoms with Gasteiger partial charge in [0, 0.05) is 26.9 Å². The maximum Gasteiger partial charge on any atom is 0.171 e. The van der Waals surface area contributed by atoms with Gasteiger partial charge in [-0.15, -0.1) is 6.42 Å². The van der Waals surface area contributed by atoms with Crippen molar-refractivity contribution in [3.63, 3.8) is 0 Å². The molecule has 0 amide bonds. The molecule has 4 rings (SSSR count). The molecule has 0 N–H and O–H groups in total. The van der Waals surface area contributed by atoms with Crippen molar-refractivity contribution in [3.05, 3.63) is 119 Å². The number of terminal acetylenes is 1. The number of hydrogen-bond donors (Lipinski definition) is 0. The molecule has 0 saturated carbocycles. The van der Waals surface area contributed by atoms with Crippen LogP contribution in [-0.4, -0.2) is 0 Å². The van der Waals surface area contributed by atoms with Gasteiger partial charge in [0.05, 0.1) is 11.6 Å². The van der Waals surface area contributed by atoms with Crippen LogP contribution in [0.1, 0.15) is 43.0 Å². The fraction of sp³-hybridized carbons (Fsp3) is 0.129. The Hall–Kier alpha value is -3.84. The molecule has 1 atom stereocenters. The first kappa shape index (κ1) is 23.3. The zero-order valence-electron chi connectivity index (χ0n) is 19.7. The summed E-state index contributed by atoms with van der Waals surface area (Å²) in [6.45, 7) is 10.4. The fourth-order valence-electron chi connectivity index (χ4n) is 4.84. The van der Waals surface area contributed by atoms with E-state index in [1.165, 1.54) is 0 Å². The summed E-state index contributed by atoms with van der Waals surface area (Å²) < 4.78 is 15.1. The largest absolute Gasteiger partial charge is 0.309 e. The summed E-state index contributed by atoms with van der Waals surface area (Å²) in [6, 6.07) is 22.8. The van der Waals surface area contributed by atoms with Gasteiger partial charge in [0.1, 0.15) is 0 Å². The summed E-state index contributed by atoms with van der Waals surface area (Å²) in [5.41, 5.74) is 5.16. The van der Waals surface area contributed by atoms with Gasteiger partial charge in [-0.3, -0.25) is 0 Å². The molecule has 0 aliphatic heterocycles. The molecule has 1 unspecified atom stereocenters. The minimum atomic E-state index is -3.32. The third kappa shape index (κ3) is 3.58. The molecule has 3 aromatic rings. The predicted molar refractivity (Wildman–Crippen MR) is 143 cm³/mol. The average molecular weight is 460 g/mol. The molecule has 1 aliphatic carbocycles. The zero-order chi connectivity index (χ0) is 24.5. The Bertz CT molecular complexity index is 1460. The molecule has 1 aliphatic rings. The SMILES string of the molecule is C#Cc1cc(C#N)cc(P(=O)(c2ccccc2)c2ccc3c(c2)C(C)(C)C(C=C)=C3/C=C\C)c1. The molecule has 2 nitrogen and oxygen atoms in total. The van der Waals surface area contributed by atoms with Crippen LogP contribution in [-0.2, 0) is 9.98 Å². The van der Waals surface area contributed by atoms with Crippen LogP contribution in [0, 0.1) is 23.7 Å². The van der Waals surface area contributed by atoms with Crippen molar-refractivity contribution in [2.24, 2.45) is 0 Å². The lowest BCUT2D eigenvalue weighted by molar-refractivity contribution is 0.592. The van der Waals surface area contributed by atoms with E-state index in [0.717, 1.165) is 22.3 Å². The van der Waals surface area contributed by atoms with Gasteiger partial charge < -0.3 is 4.57 Å². The van der Waals surface area contributed by atoms with Gasteiger partial charge in [-0.2, -0.15) is 5.26 Å². The van der Waals surface area contributed by atoms with E-state index in [-0.39, 0.29) is 5.41 Å². The third-order valence-corrected chi connectivity index (χ3v) is 9.54. The van der Waals surface area contributed by atoms with Crippen LogP contribution in [0.25, 0.3) is 5.57 Å². The standard InChI is InChI=1S/C31H26NOP/c1-6-12-27-28-16-15-25(20-30(28)31(4,5)29(27)8-3)34(33,24-13-10-9-11-14-24)26-18-22(7-2)17-23(19-26)21-32/h2,6,8-20H,3H2,1,4-5H3/b12-6-. The van der Waals surface area contributed by atoms with Gasteiger partial charge in [0.25, 0.3) is 0 Å². The predicted octanol–water partition coefficient (Wildman–Crippen LogP) is 5.99. The smallest absolute Gasteiger partial charge is 0.171 e. The van der Waals surface area contributed by atoms with Crippen LogP contribution in [0.2, 0.25) is 0 Å². The molecule has 0 aromatic heterocycles. The van der Waals surface area contributed by atoms with E-state index < -0.39 is 7.14 Å². The Morgan fingerprint density at radius 3 is 2.29 bits per heavy atom. The first-order chi connectivity index (χ1) is 16.3. The molecular weight excluding hydrogens is 433 g/mol. The minimum absolute atomic E-state index is 0.290. The fourth-order valence-corrected chi connectivity index (χ4v) is 7.57. The van der Waals surface area contributed by atoms with E-state index in [0.29, 0.717) is 27.0 Å². The average Bonchev–Trinajstić information content (AvgIpc) is 3.08. The normalized spacial score (nSPS) is 15.9. The molecule has 0 bridgehead atoms. The summed E-state index contributed by atoms with van der Waals surface area (Å²) >= 11 is 0. The van der Waals surface area contributed by atoms with Crippen LogP contribution >= 0.6 is 7.14 Å². The number of benzene rings is 3. The van der Waals surface area contributed by atoms with Gasteiger partial charge in [-0.25, -0.2) is 0 Å². The lowest BCUT2D eigenvalue weighted by atomic mass is 9.81. The van der Waals surface area contributed by atoms with Gasteiger partial charge in [-0.1, -0.05) is 87.0 Å². The number of allylic oxidation sites excluding steroid dienone is 5. The van der Waals surface area contributed by atoms with Gasteiger partial charge in [0.2, 0.25) is 0 Å². The molecule has 3 aromatic carbocycles. The second-order valence-electron chi connectivity index (χ2n) is 8.86. The van der Waals surface area contributed by atoms with Crippen molar-refractivity contribution in [1.82, 2.24) is 0 Å². The Kier molecular flexibility index (Phi) is 6.06. The summed E-state index contributed by atoms with van der Waals surface area (Å²) in [5, 5.41) is 11.6.